The Morgan fingerprint density at radius 3 is 2.44 bits per heavy atom. The number of anilines is 1. The number of ether oxygens (including phenoxy) is 1. The van der Waals surface area contributed by atoms with Crippen molar-refractivity contribution in [2.75, 3.05) is 11.8 Å². The van der Waals surface area contributed by atoms with Crippen molar-refractivity contribution in [3.8, 4) is 16.3 Å². The fourth-order valence-corrected chi connectivity index (χ4v) is 6.01. The molecule has 12 heteroatoms. The summed E-state index contributed by atoms with van der Waals surface area (Å²) in [4.78, 5) is 15.4. The van der Waals surface area contributed by atoms with Gasteiger partial charge in [-0.25, -0.2) is 9.78 Å². The number of carboxylic acids is 1. The molecule has 2 N–H and O–H groups in total. The number of nitrogens with one attached hydrogen (secondary N) is 1. The van der Waals surface area contributed by atoms with E-state index < -0.39 is 28.1 Å². The summed E-state index contributed by atoms with van der Waals surface area (Å²) in [5.41, 5.74) is 2.35. The van der Waals surface area contributed by atoms with Crippen LogP contribution in [0.1, 0.15) is 35.2 Å². The van der Waals surface area contributed by atoms with E-state index in [0.717, 1.165) is 22.5 Å². The van der Waals surface area contributed by atoms with Crippen LogP contribution in [0.15, 0.2) is 58.9 Å². The fraction of sp³-hybridized carbons (Fsp3) is 0.250. The molecule has 1 aromatic heterocycles. The van der Waals surface area contributed by atoms with Crippen molar-refractivity contribution < 1.29 is 36.2 Å². The van der Waals surface area contributed by atoms with Crippen molar-refractivity contribution >= 4 is 38.6 Å². The van der Waals surface area contributed by atoms with Crippen molar-refractivity contribution in [2.45, 2.75) is 30.5 Å². The molecule has 0 fully saturated rings. The van der Waals surface area contributed by atoms with Crippen LogP contribution in [0, 0.1) is 5.92 Å². The van der Waals surface area contributed by atoms with Crippen molar-refractivity contribution in [3.05, 3.63) is 65.0 Å². The lowest BCUT2D eigenvalue weighted by Gasteiger charge is -2.24. The summed E-state index contributed by atoms with van der Waals surface area (Å²) in [6.07, 6.45) is -2.19. The van der Waals surface area contributed by atoms with Gasteiger partial charge in [-0.15, -0.1) is 11.3 Å². The van der Waals surface area contributed by atoms with E-state index in [1.54, 1.807) is 30.3 Å². The first-order chi connectivity index (χ1) is 17.0. The number of aromatic carboxylic acids is 1. The summed E-state index contributed by atoms with van der Waals surface area (Å²) >= 11 is 1.12. The van der Waals surface area contributed by atoms with Gasteiger partial charge in [0.1, 0.15) is 10.8 Å². The zero-order chi connectivity index (χ0) is 26.1. The molecular formula is C24H21F3N2O5S2. The molecule has 0 radical (unpaired) electrons. The highest BCUT2D eigenvalue weighted by atomic mass is 32.2. The lowest BCUT2D eigenvalue weighted by atomic mass is 9.86. The number of thiazole rings is 1. The Kier molecular flexibility index (Phi) is 7.10. The van der Waals surface area contributed by atoms with E-state index >= 15 is 0 Å². The maximum Gasteiger partial charge on any atom is 0.392 e. The number of alkyl halides is 3. The molecule has 2 aromatic carbocycles. The minimum absolute atomic E-state index is 0.0366. The first-order valence-electron chi connectivity index (χ1n) is 10.7. The van der Waals surface area contributed by atoms with Gasteiger partial charge in [-0.05, 0) is 48.6 Å². The molecule has 0 bridgehead atoms. The molecule has 1 atom stereocenters. The van der Waals surface area contributed by atoms with Crippen LogP contribution in [0.25, 0.3) is 16.1 Å². The Morgan fingerprint density at radius 2 is 1.86 bits per heavy atom. The van der Waals surface area contributed by atoms with Gasteiger partial charge in [0.05, 0.1) is 24.3 Å². The Balaban J connectivity index is 1.50. The SMILES string of the molecule is COc1cc(C(=O)O)ccc1NS(=O)(=O)c1csc(-c2ccc(C3=CCC(C(F)(F)F)CC3)cc2)n1. The highest BCUT2D eigenvalue weighted by Gasteiger charge is 2.39. The fourth-order valence-electron chi connectivity index (χ4n) is 3.84. The number of allylic oxidation sites excluding steroid dienone is 2. The molecule has 4 rings (SSSR count). The van der Waals surface area contributed by atoms with Gasteiger partial charge >= 0.3 is 12.1 Å². The summed E-state index contributed by atoms with van der Waals surface area (Å²) in [6, 6.07) is 10.8. The lowest BCUT2D eigenvalue weighted by Crippen LogP contribution is -2.24. The quantitative estimate of drug-likeness (QED) is 0.379. The Hall–Kier alpha value is -3.38. The molecule has 1 aliphatic rings. The van der Waals surface area contributed by atoms with Gasteiger partial charge in [0.25, 0.3) is 10.0 Å². The monoisotopic (exact) mass is 538 g/mol. The van der Waals surface area contributed by atoms with Crippen LogP contribution in [-0.4, -0.2) is 37.8 Å². The molecule has 1 unspecified atom stereocenters. The maximum absolute atomic E-state index is 12.9. The van der Waals surface area contributed by atoms with Crippen molar-refractivity contribution in [2.24, 2.45) is 5.92 Å². The van der Waals surface area contributed by atoms with Gasteiger partial charge in [0.15, 0.2) is 5.03 Å². The first kappa shape index (κ1) is 25.7. The number of aromatic nitrogens is 1. The molecule has 36 heavy (non-hydrogen) atoms. The number of benzene rings is 2. The smallest absolute Gasteiger partial charge is 0.392 e. The largest absolute Gasteiger partial charge is 0.495 e. The van der Waals surface area contributed by atoms with Gasteiger partial charge < -0.3 is 9.84 Å². The summed E-state index contributed by atoms with van der Waals surface area (Å²) in [5, 5.41) is 10.7. The van der Waals surface area contributed by atoms with Crippen molar-refractivity contribution in [3.63, 3.8) is 0 Å². The molecule has 1 heterocycles. The molecule has 7 nitrogen and oxygen atoms in total. The number of hydrogen-bond donors (Lipinski definition) is 2. The van der Waals surface area contributed by atoms with Crippen LogP contribution < -0.4 is 9.46 Å². The minimum atomic E-state index is -4.18. The Labute approximate surface area is 209 Å². The molecule has 0 saturated heterocycles. The van der Waals surface area contributed by atoms with Gasteiger partial charge in [-0.3, -0.25) is 4.72 Å². The third-order valence-corrected chi connectivity index (χ3v) is 8.12. The average Bonchev–Trinajstić information content (AvgIpc) is 3.35. The molecule has 3 aromatic rings. The Bertz CT molecular complexity index is 1410. The molecule has 0 amide bonds. The van der Waals surface area contributed by atoms with E-state index in [0.29, 0.717) is 17.0 Å². The van der Waals surface area contributed by atoms with Crippen LogP contribution >= 0.6 is 11.3 Å². The average molecular weight is 539 g/mol. The van der Waals surface area contributed by atoms with Gasteiger partial charge in [0.2, 0.25) is 0 Å². The molecule has 0 spiro atoms. The number of hydrogen-bond acceptors (Lipinski definition) is 6. The minimum Gasteiger partial charge on any atom is -0.495 e. The number of nitrogens with zero attached hydrogens (tertiary/aromatic N) is 1. The third kappa shape index (κ3) is 5.54. The highest BCUT2D eigenvalue weighted by Crippen LogP contribution is 2.39. The summed E-state index contributed by atoms with van der Waals surface area (Å²) in [6.45, 7) is 0. The van der Waals surface area contributed by atoms with Gasteiger partial charge in [-0.1, -0.05) is 30.3 Å². The number of carboxylic acid groups (broad SMARTS) is 1. The summed E-state index contributed by atoms with van der Waals surface area (Å²) < 4.78 is 71.9. The van der Waals surface area contributed by atoms with Crippen molar-refractivity contribution in [1.29, 1.82) is 0 Å². The highest BCUT2D eigenvalue weighted by molar-refractivity contribution is 7.92. The van der Waals surface area contributed by atoms with E-state index in [1.807, 2.05) is 0 Å². The van der Waals surface area contributed by atoms with Crippen LogP contribution in [0.3, 0.4) is 0 Å². The number of carbonyl (C=O) groups is 1. The van der Waals surface area contributed by atoms with Crippen LogP contribution in [0.5, 0.6) is 5.75 Å². The number of halogens is 3. The molecular weight excluding hydrogens is 517 g/mol. The molecule has 0 saturated carbocycles. The van der Waals surface area contributed by atoms with Crippen LogP contribution in [0.2, 0.25) is 0 Å². The second-order valence-electron chi connectivity index (χ2n) is 8.14. The summed E-state index contributed by atoms with van der Waals surface area (Å²) in [5.74, 6) is -2.44. The number of sulfonamides is 1. The second-order valence-corrected chi connectivity index (χ2v) is 10.6. The lowest BCUT2D eigenvalue weighted by molar-refractivity contribution is -0.175. The van der Waals surface area contributed by atoms with Crippen molar-refractivity contribution in [1.82, 2.24) is 4.98 Å². The molecule has 190 valence electrons. The van der Waals surface area contributed by atoms with E-state index in [-0.39, 0.29) is 34.9 Å². The molecule has 1 aliphatic carbocycles. The maximum atomic E-state index is 12.9. The number of rotatable bonds is 7. The zero-order valence-corrected chi connectivity index (χ0v) is 20.5. The third-order valence-electron chi connectivity index (χ3n) is 5.83. The van der Waals surface area contributed by atoms with Crippen LogP contribution in [0.4, 0.5) is 18.9 Å². The van der Waals surface area contributed by atoms with Gasteiger partial charge in [0, 0.05) is 10.9 Å². The first-order valence-corrected chi connectivity index (χ1v) is 13.1. The zero-order valence-electron chi connectivity index (χ0n) is 18.9. The standard InChI is InChI=1S/C24H21F3N2O5S2/c1-34-20-12-17(23(30)31)8-11-19(20)29-36(32,33)21-13-35-22(28-21)16-4-2-14(3-5-16)15-6-9-18(10-7-15)24(25,26)27/h2-6,8,11-13,18,29H,7,9-10H2,1H3,(H,30,31). The Morgan fingerprint density at radius 1 is 1.17 bits per heavy atom. The topological polar surface area (TPSA) is 106 Å². The van der Waals surface area contributed by atoms with Gasteiger partial charge in [-0.2, -0.15) is 21.6 Å². The number of methoxy groups -OCH3 is 1. The van der Waals surface area contributed by atoms with E-state index in [9.17, 15) is 26.4 Å². The normalized spacial score (nSPS) is 16.3. The van der Waals surface area contributed by atoms with Crippen LogP contribution in [-0.2, 0) is 10.0 Å². The summed E-state index contributed by atoms with van der Waals surface area (Å²) in [7, 11) is -2.79. The molecule has 0 aliphatic heterocycles. The van der Waals surface area contributed by atoms with E-state index in [4.69, 9.17) is 9.84 Å². The predicted octanol–water partition coefficient (Wildman–Crippen LogP) is 6.06. The second kappa shape index (κ2) is 9.94. The van der Waals surface area contributed by atoms with E-state index in [1.165, 1.54) is 30.7 Å². The predicted molar refractivity (Wildman–Crippen MR) is 130 cm³/mol. The van der Waals surface area contributed by atoms with E-state index in [2.05, 4.69) is 9.71 Å².